The Kier molecular flexibility index (Phi) is 5.52. The number of ether oxygens (including phenoxy) is 1. The third kappa shape index (κ3) is 3.09. The van der Waals surface area contributed by atoms with Crippen LogP contribution in [-0.2, 0) is 9.53 Å². The number of halogens is 1. The fraction of sp³-hybridized carbons (Fsp3) is 0.909. The Morgan fingerprint density at radius 2 is 2.06 bits per heavy atom. The molecule has 1 unspecified atom stereocenters. The van der Waals surface area contributed by atoms with E-state index in [9.17, 15) is 4.79 Å². The Bertz CT molecular complexity index is 232. The number of hydrogen-bond acceptors (Lipinski definition) is 3. The molecule has 0 aliphatic carbocycles. The van der Waals surface area contributed by atoms with Gasteiger partial charge in [-0.25, -0.2) is 0 Å². The van der Waals surface area contributed by atoms with Crippen molar-refractivity contribution in [2.75, 3.05) is 32.8 Å². The average molecular weight is 249 g/mol. The highest BCUT2D eigenvalue weighted by Crippen LogP contribution is 2.19. The molecule has 4 nitrogen and oxygen atoms in total. The second-order valence-electron chi connectivity index (χ2n) is 4.47. The average Bonchev–Trinajstić information content (AvgIpc) is 2.30. The lowest BCUT2D eigenvalue weighted by atomic mass is 9.97. The van der Waals surface area contributed by atoms with E-state index in [0.29, 0.717) is 11.9 Å². The smallest absolute Gasteiger partial charge is 0.226 e. The Labute approximate surface area is 103 Å². The number of nitrogens with one attached hydrogen (secondary N) is 1. The number of carbonyl (C=O) groups excluding carboxylic acids is 1. The van der Waals surface area contributed by atoms with Crippen molar-refractivity contribution < 1.29 is 9.53 Å². The standard InChI is InChI=1S/C11H20N2O2.ClH/c1-9-8-12-4-5-13(9)11(14)10-2-6-15-7-3-10;/h9-10,12H,2-8H2,1H3;1H. The first-order valence-electron chi connectivity index (χ1n) is 5.88. The van der Waals surface area contributed by atoms with Crippen molar-refractivity contribution in [2.45, 2.75) is 25.8 Å². The maximum atomic E-state index is 12.2. The monoisotopic (exact) mass is 248 g/mol. The molecule has 2 aliphatic heterocycles. The van der Waals surface area contributed by atoms with Crippen molar-refractivity contribution in [2.24, 2.45) is 5.92 Å². The molecule has 0 aromatic carbocycles. The molecule has 1 atom stereocenters. The minimum Gasteiger partial charge on any atom is -0.381 e. The first-order valence-corrected chi connectivity index (χ1v) is 5.88. The van der Waals surface area contributed by atoms with Gasteiger partial charge in [0.2, 0.25) is 5.91 Å². The maximum Gasteiger partial charge on any atom is 0.226 e. The van der Waals surface area contributed by atoms with Crippen molar-refractivity contribution >= 4 is 18.3 Å². The summed E-state index contributed by atoms with van der Waals surface area (Å²) in [5, 5.41) is 3.30. The van der Waals surface area contributed by atoms with Crippen LogP contribution in [0.3, 0.4) is 0 Å². The van der Waals surface area contributed by atoms with E-state index in [2.05, 4.69) is 12.2 Å². The van der Waals surface area contributed by atoms with E-state index in [1.165, 1.54) is 0 Å². The van der Waals surface area contributed by atoms with E-state index in [4.69, 9.17) is 4.74 Å². The van der Waals surface area contributed by atoms with Gasteiger partial charge in [-0.1, -0.05) is 0 Å². The number of rotatable bonds is 1. The van der Waals surface area contributed by atoms with Crippen LogP contribution in [0.5, 0.6) is 0 Å². The van der Waals surface area contributed by atoms with Crippen LogP contribution in [0.2, 0.25) is 0 Å². The quantitative estimate of drug-likeness (QED) is 0.741. The van der Waals surface area contributed by atoms with Crippen molar-refractivity contribution in [3.63, 3.8) is 0 Å². The third-order valence-corrected chi connectivity index (χ3v) is 3.35. The van der Waals surface area contributed by atoms with Crippen LogP contribution < -0.4 is 5.32 Å². The minimum atomic E-state index is 0. The lowest BCUT2D eigenvalue weighted by Crippen LogP contribution is -2.54. The van der Waals surface area contributed by atoms with E-state index in [0.717, 1.165) is 45.7 Å². The summed E-state index contributed by atoms with van der Waals surface area (Å²) < 4.78 is 5.28. The summed E-state index contributed by atoms with van der Waals surface area (Å²) >= 11 is 0. The molecule has 1 N–H and O–H groups in total. The number of nitrogens with zero attached hydrogens (tertiary/aromatic N) is 1. The summed E-state index contributed by atoms with van der Waals surface area (Å²) in [5.41, 5.74) is 0. The van der Waals surface area contributed by atoms with Gasteiger partial charge in [0.1, 0.15) is 0 Å². The fourth-order valence-electron chi connectivity index (χ4n) is 2.35. The molecule has 2 fully saturated rings. The SMILES string of the molecule is CC1CNCCN1C(=O)C1CCOCC1.Cl. The van der Waals surface area contributed by atoms with E-state index in [-0.39, 0.29) is 18.3 Å². The van der Waals surface area contributed by atoms with Crippen molar-refractivity contribution in [3.05, 3.63) is 0 Å². The van der Waals surface area contributed by atoms with E-state index in [1.54, 1.807) is 0 Å². The molecule has 16 heavy (non-hydrogen) atoms. The van der Waals surface area contributed by atoms with Crippen molar-refractivity contribution in [1.29, 1.82) is 0 Å². The van der Waals surface area contributed by atoms with Crippen LogP contribution in [0, 0.1) is 5.92 Å². The van der Waals surface area contributed by atoms with Gasteiger partial charge in [-0.2, -0.15) is 0 Å². The zero-order valence-corrected chi connectivity index (χ0v) is 10.6. The molecule has 2 saturated heterocycles. The predicted octanol–water partition coefficient (Wildman–Crippen LogP) is 0.655. The Morgan fingerprint density at radius 3 is 2.69 bits per heavy atom. The van der Waals surface area contributed by atoms with Crippen LogP contribution in [0.1, 0.15) is 19.8 Å². The van der Waals surface area contributed by atoms with Gasteiger partial charge in [0.25, 0.3) is 0 Å². The minimum absolute atomic E-state index is 0. The van der Waals surface area contributed by atoms with Crippen LogP contribution in [-0.4, -0.2) is 49.7 Å². The Morgan fingerprint density at radius 1 is 1.38 bits per heavy atom. The molecule has 0 radical (unpaired) electrons. The molecule has 0 bridgehead atoms. The summed E-state index contributed by atoms with van der Waals surface area (Å²) in [5.74, 6) is 0.548. The van der Waals surface area contributed by atoms with E-state index >= 15 is 0 Å². The summed E-state index contributed by atoms with van der Waals surface area (Å²) in [6.07, 6.45) is 1.80. The first-order chi connectivity index (χ1) is 7.29. The summed E-state index contributed by atoms with van der Waals surface area (Å²) in [7, 11) is 0. The van der Waals surface area contributed by atoms with Crippen LogP contribution >= 0.6 is 12.4 Å². The molecular weight excluding hydrogens is 228 g/mol. The number of hydrogen-bond donors (Lipinski definition) is 1. The van der Waals surface area contributed by atoms with E-state index in [1.807, 2.05) is 4.90 Å². The van der Waals surface area contributed by atoms with Gasteiger partial charge in [0.05, 0.1) is 0 Å². The van der Waals surface area contributed by atoms with Gasteiger partial charge in [0.15, 0.2) is 0 Å². The topological polar surface area (TPSA) is 41.6 Å². The van der Waals surface area contributed by atoms with Gasteiger partial charge in [-0.3, -0.25) is 4.79 Å². The van der Waals surface area contributed by atoms with Crippen molar-refractivity contribution in [1.82, 2.24) is 10.2 Å². The Balaban J connectivity index is 0.00000128. The number of piperazine rings is 1. The highest BCUT2D eigenvalue weighted by atomic mass is 35.5. The molecule has 2 heterocycles. The second-order valence-corrected chi connectivity index (χ2v) is 4.47. The molecule has 94 valence electrons. The van der Waals surface area contributed by atoms with Crippen LogP contribution in [0.25, 0.3) is 0 Å². The normalized spacial score (nSPS) is 27.3. The van der Waals surface area contributed by atoms with Gasteiger partial charge in [-0.05, 0) is 19.8 Å². The third-order valence-electron chi connectivity index (χ3n) is 3.35. The molecule has 1 amide bonds. The zero-order valence-electron chi connectivity index (χ0n) is 9.78. The fourth-order valence-corrected chi connectivity index (χ4v) is 2.35. The zero-order chi connectivity index (χ0) is 10.7. The second kappa shape index (κ2) is 6.42. The van der Waals surface area contributed by atoms with Crippen molar-refractivity contribution in [3.8, 4) is 0 Å². The first kappa shape index (κ1) is 13.7. The number of carbonyl (C=O) groups is 1. The molecule has 0 spiro atoms. The van der Waals surface area contributed by atoms with Gasteiger partial charge < -0.3 is 15.0 Å². The number of amides is 1. The van der Waals surface area contributed by atoms with Crippen LogP contribution in [0.15, 0.2) is 0 Å². The molecule has 5 heteroatoms. The summed E-state index contributed by atoms with van der Waals surface area (Å²) in [4.78, 5) is 14.2. The molecule has 0 aromatic heterocycles. The highest BCUT2D eigenvalue weighted by molar-refractivity contribution is 5.85. The Hall–Kier alpha value is -0.320. The van der Waals surface area contributed by atoms with Crippen LogP contribution in [0.4, 0.5) is 0 Å². The van der Waals surface area contributed by atoms with Gasteiger partial charge in [0, 0.05) is 44.8 Å². The lowest BCUT2D eigenvalue weighted by Gasteiger charge is -2.37. The molecule has 0 saturated carbocycles. The lowest BCUT2D eigenvalue weighted by molar-refractivity contribution is -0.141. The van der Waals surface area contributed by atoms with Gasteiger partial charge in [-0.15, -0.1) is 12.4 Å². The summed E-state index contributed by atoms with van der Waals surface area (Å²) in [6, 6.07) is 0.342. The molecule has 2 rings (SSSR count). The molecule has 2 aliphatic rings. The maximum absolute atomic E-state index is 12.2. The van der Waals surface area contributed by atoms with Gasteiger partial charge >= 0.3 is 0 Å². The predicted molar refractivity (Wildman–Crippen MR) is 64.8 cm³/mol. The molecule has 0 aromatic rings. The van der Waals surface area contributed by atoms with E-state index < -0.39 is 0 Å². The molecular formula is C11H21ClN2O2. The largest absolute Gasteiger partial charge is 0.381 e. The highest BCUT2D eigenvalue weighted by Gasteiger charge is 2.30. The summed E-state index contributed by atoms with van der Waals surface area (Å²) in [6.45, 7) is 6.32.